The number of alkyl halides is 6. The second-order valence-corrected chi connectivity index (χ2v) is 7.14. The molecule has 0 saturated heterocycles. The van der Waals surface area contributed by atoms with E-state index in [1.807, 2.05) is 0 Å². The molecule has 2 rings (SSSR count). The topological polar surface area (TPSA) is 0 Å². The summed E-state index contributed by atoms with van der Waals surface area (Å²) in [5, 5.41) is -0.390. The third-order valence-electron chi connectivity index (χ3n) is 4.02. The summed E-state index contributed by atoms with van der Waals surface area (Å²) < 4.78 is 80.0. The van der Waals surface area contributed by atoms with Gasteiger partial charge >= 0.3 is 12.4 Å². The van der Waals surface area contributed by atoms with Crippen LogP contribution >= 0.6 is 34.8 Å². The van der Waals surface area contributed by atoms with E-state index in [0.29, 0.717) is 0 Å². The minimum Gasteiger partial charge on any atom is -0.170 e. The molecule has 9 heteroatoms. The molecule has 0 aromatic heterocycles. The molecule has 0 nitrogen and oxygen atoms in total. The van der Waals surface area contributed by atoms with E-state index < -0.39 is 23.8 Å². The van der Waals surface area contributed by atoms with Crippen LogP contribution in [0.5, 0.6) is 0 Å². The average Bonchev–Trinajstić information content (AvgIpc) is 2.57. The summed E-state index contributed by atoms with van der Waals surface area (Å²) in [5.74, 6) is -2.13. The fourth-order valence-corrected chi connectivity index (χ4v) is 3.25. The maximum Gasteiger partial charge on any atom is 0.416 e. The second-order valence-electron chi connectivity index (χ2n) is 5.94. The highest BCUT2D eigenvalue weighted by molar-refractivity contribution is 6.48. The molecular formula is C19H13Cl3F6. The van der Waals surface area contributed by atoms with Crippen molar-refractivity contribution in [2.45, 2.75) is 31.6 Å². The lowest BCUT2D eigenvalue weighted by Crippen LogP contribution is -2.19. The molecule has 0 saturated carbocycles. The Morgan fingerprint density at radius 3 is 1.96 bits per heavy atom. The minimum absolute atomic E-state index is 0.00932. The van der Waals surface area contributed by atoms with Crippen LogP contribution in [0.2, 0.25) is 15.1 Å². The third kappa shape index (κ3) is 5.37. The van der Waals surface area contributed by atoms with Crippen LogP contribution in [0, 0.1) is 0 Å². The lowest BCUT2D eigenvalue weighted by atomic mass is 9.96. The molecule has 0 aliphatic carbocycles. The summed E-state index contributed by atoms with van der Waals surface area (Å²) in [5.41, 5.74) is -1.10. The van der Waals surface area contributed by atoms with Crippen LogP contribution in [0.25, 0.3) is 6.08 Å². The van der Waals surface area contributed by atoms with Crippen LogP contribution in [-0.4, -0.2) is 6.18 Å². The molecular weight excluding hydrogens is 449 g/mol. The third-order valence-corrected chi connectivity index (χ3v) is 5.22. The smallest absolute Gasteiger partial charge is 0.170 e. The molecule has 0 heterocycles. The largest absolute Gasteiger partial charge is 0.416 e. The molecule has 28 heavy (non-hydrogen) atoms. The molecule has 0 spiro atoms. The van der Waals surface area contributed by atoms with Crippen molar-refractivity contribution in [3.05, 3.63) is 73.7 Å². The van der Waals surface area contributed by atoms with Gasteiger partial charge in [-0.1, -0.05) is 66.0 Å². The van der Waals surface area contributed by atoms with E-state index in [4.69, 9.17) is 34.8 Å². The van der Waals surface area contributed by atoms with Crippen LogP contribution in [0.15, 0.2) is 36.4 Å². The van der Waals surface area contributed by atoms with E-state index in [1.165, 1.54) is 12.1 Å². The zero-order chi connectivity index (χ0) is 21.3. The zero-order valence-electron chi connectivity index (χ0n) is 14.2. The molecule has 0 N–H and O–H groups in total. The second kappa shape index (κ2) is 8.56. The van der Waals surface area contributed by atoms with Gasteiger partial charge < -0.3 is 0 Å². The van der Waals surface area contributed by atoms with E-state index in [2.05, 4.69) is 0 Å². The Morgan fingerprint density at radius 2 is 1.50 bits per heavy atom. The van der Waals surface area contributed by atoms with E-state index in [0.717, 1.165) is 30.4 Å². The normalized spacial score (nSPS) is 13.9. The van der Waals surface area contributed by atoms with Gasteiger partial charge in [0.2, 0.25) is 0 Å². The highest BCUT2D eigenvalue weighted by Gasteiger charge is 2.39. The Balaban J connectivity index is 2.48. The number of benzene rings is 2. The average molecular weight is 462 g/mol. The summed E-state index contributed by atoms with van der Waals surface area (Å²) >= 11 is 17.4. The molecule has 0 aliphatic heterocycles. The molecule has 0 radical (unpaired) electrons. The Morgan fingerprint density at radius 1 is 0.929 bits per heavy atom. The van der Waals surface area contributed by atoms with E-state index in [9.17, 15) is 26.3 Å². The maximum absolute atomic E-state index is 13.5. The number of hydrogen-bond donors (Lipinski definition) is 0. The predicted octanol–water partition coefficient (Wildman–Crippen LogP) is 8.59. The maximum atomic E-state index is 13.5. The molecule has 0 bridgehead atoms. The molecule has 1 atom stereocenters. The first-order valence-electron chi connectivity index (χ1n) is 7.94. The fourth-order valence-electron chi connectivity index (χ4n) is 2.64. The van der Waals surface area contributed by atoms with Gasteiger partial charge in [-0.25, -0.2) is 0 Å². The monoisotopic (exact) mass is 460 g/mol. The van der Waals surface area contributed by atoms with Gasteiger partial charge in [0, 0.05) is 0 Å². The quantitative estimate of drug-likeness (QED) is 0.316. The Hall–Kier alpha value is -1.37. The molecule has 0 fully saturated rings. The van der Waals surface area contributed by atoms with Crippen LogP contribution in [0.4, 0.5) is 26.3 Å². The first-order chi connectivity index (χ1) is 12.8. The molecule has 2 aromatic rings. The van der Waals surface area contributed by atoms with Crippen LogP contribution < -0.4 is 0 Å². The van der Waals surface area contributed by atoms with Crippen molar-refractivity contribution in [3.8, 4) is 0 Å². The number of allylic oxidation sites excluding steroid dienone is 1. The van der Waals surface area contributed by atoms with Gasteiger partial charge in [0.15, 0.2) is 0 Å². The summed E-state index contributed by atoms with van der Waals surface area (Å²) in [4.78, 5) is 0. The van der Waals surface area contributed by atoms with E-state index in [-0.39, 0.29) is 38.2 Å². The van der Waals surface area contributed by atoms with Gasteiger partial charge in [-0.15, -0.1) is 0 Å². The summed E-state index contributed by atoms with van der Waals surface area (Å²) in [6, 6.07) is 5.46. The Kier molecular flexibility index (Phi) is 7.00. The summed E-state index contributed by atoms with van der Waals surface area (Å²) in [7, 11) is 0. The highest BCUT2D eigenvalue weighted by Crippen LogP contribution is 2.41. The lowest BCUT2D eigenvalue weighted by molar-refractivity contribution is -0.139. The summed E-state index contributed by atoms with van der Waals surface area (Å²) in [6.45, 7) is 1.56. The standard InChI is InChI=1S/C19H13Cl3F6/c1-2-11-5-3-10(7-14(11)19(26,27)28)4-6-13(18(23,24)25)12-8-15(20)17(22)16(21)9-12/h3-9,13H,2H2,1H3/b6-4+. The number of hydrogen-bond acceptors (Lipinski definition) is 0. The molecule has 0 aliphatic rings. The SMILES string of the molecule is CCc1ccc(/C=C/C(c2cc(Cl)c(Cl)c(Cl)c2)C(F)(F)F)cc1C(F)(F)F. The van der Waals surface area contributed by atoms with Crippen molar-refractivity contribution in [1.29, 1.82) is 0 Å². The number of halogens is 9. The van der Waals surface area contributed by atoms with E-state index >= 15 is 0 Å². The number of rotatable bonds is 4. The van der Waals surface area contributed by atoms with Crippen LogP contribution in [0.1, 0.15) is 35.1 Å². The first-order valence-corrected chi connectivity index (χ1v) is 9.07. The van der Waals surface area contributed by atoms with Gasteiger partial charge in [0.25, 0.3) is 0 Å². The first kappa shape index (κ1) is 22.9. The van der Waals surface area contributed by atoms with Crippen molar-refractivity contribution < 1.29 is 26.3 Å². The Labute approximate surface area is 172 Å². The lowest BCUT2D eigenvalue weighted by Gasteiger charge is -2.18. The molecule has 1 unspecified atom stereocenters. The van der Waals surface area contributed by atoms with Gasteiger partial charge in [0.05, 0.1) is 26.5 Å². The molecule has 0 amide bonds. The van der Waals surface area contributed by atoms with Crippen molar-refractivity contribution in [1.82, 2.24) is 0 Å². The highest BCUT2D eigenvalue weighted by atomic mass is 35.5. The van der Waals surface area contributed by atoms with Crippen molar-refractivity contribution in [2.24, 2.45) is 0 Å². The molecule has 152 valence electrons. The van der Waals surface area contributed by atoms with Crippen molar-refractivity contribution >= 4 is 40.9 Å². The minimum atomic E-state index is -4.72. The van der Waals surface area contributed by atoms with Crippen molar-refractivity contribution in [2.75, 3.05) is 0 Å². The predicted molar refractivity (Wildman–Crippen MR) is 100 cm³/mol. The van der Waals surface area contributed by atoms with E-state index in [1.54, 1.807) is 6.92 Å². The van der Waals surface area contributed by atoms with Gasteiger partial charge in [-0.05, 0) is 41.3 Å². The van der Waals surface area contributed by atoms with Crippen molar-refractivity contribution in [3.63, 3.8) is 0 Å². The fraction of sp³-hybridized carbons (Fsp3) is 0.263. The zero-order valence-corrected chi connectivity index (χ0v) is 16.5. The Bertz CT molecular complexity index is 861. The number of aryl methyl sites for hydroxylation is 1. The van der Waals surface area contributed by atoms with Gasteiger partial charge in [0.1, 0.15) is 0 Å². The van der Waals surface area contributed by atoms with Gasteiger partial charge in [-0.3, -0.25) is 0 Å². The van der Waals surface area contributed by atoms with Crippen LogP contribution in [0.3, 0.4) is 0 Å². The van der Waals surface area contributed by atoms with Gasteiger partial charge in [-0.2, -0.15) is 26.3 Å². The summed E-state index contributed by atoms with van der Waals surface area (Å²) in [6.07, 6.45) is -7.42. The molecule has 2 aromatic carbocycles. The van der Waals surface area contributed by atoms with Crippen LogP contribution in [-0.2, 0) is 12.6 Å².